The number of fused-ring (bicyclic) bond motifs is 1. The van der Waals surface area contributed by atoms with Gasteiger partial charge in [0.25, 0.3) is 21.9 Å². The second-order valence-electron chi connectivity index (χ2n) is 24.7. The minimum absolute atomic E-state index is 0.0477. The van der Waals surface area contributed by atoms with Crippen molar-refractivity contribution in [1.82, 2.24) is 53.2 Å². The van der Waals surface area contributed by atoms with Crippen LogP contribution in [0.4, 0.5) is 22.7 Å². The summed E-state index contributed by atoms with van der Waals surface area (Å²) in [4.78, 5) is 210. The van der Waals surface area contributed by atoms with E-state index < -0.39 is 222 Å². The van der Waals surface area contributed by atoms with Gasteiger partial charge in [-0.05, 0) is 118 Å². The Morgan fingerprint density at radius 2 is 0.972 bits per heavy atom. The summed E-state index contributed by atoms with van der Waals surface area (Å²) in [7, 11) is -0.939. The molecule has 41 heteroatoms. The van der Waals surface area contributed by atoms with E-state index in [0.717, 1.165) is 25.6 Å². The summed E-state index contributed by atoms with van der Waals surface area (Å²) in [6.07, 6.45) is -8.88. The fraction of sp³-hybridized carbons (Fsp3) is 0.441. The maximum Gasteiger partial charge on any atom is 0.329 e. The first-order chi connectivity index (χ1) is 51.4. The minimum atomic E-state index is -4.76. The Morgan fingerprint density at radius 3 is 1.44 bits per heavy atom. The van der Waals surface area contributed by atoms with E-state index in [-0.39, 0.29) is 50.0 Å². The molecule has 0 bridgehead atoms. The SMILES string of the molecule is CC[C@H](NC(=O)[C@H](CCC(=O)O)NC(=O)[C@H](CCC(=O)O)NC(=O)[C@H](CC(=O)NCCNc1cccc2cccc(S(=O)(=O)O)c12)NC(=O)[C@H](CCC(=O)O)NC(=O)[C@H](CC(=O)O)NC(C)=O)C(=O)O[C@@H](C)C(=O)N[C@@H](CO)C(=O)N[C@@H](CCCCNC(=O)c1ccc(N=Nc2ccc(N(C)C)cc2)cc1)C(N)=O. The van der Waals surface area contributed by atoms with Gasteiger partial charge in [-0.1, -0.05) is 31.2 Å². The second kappa shape index (κ2) is 44.0. The van der Waals surface area contributed by atoms with Crippen LogP contribution in [0.3, 0.4) is 0 Å². The summed E-state index contributed by atoms with van der Waals surface area (Å²) >= 11 is 0. The molecule has 4 rings (SSSR count). The molecule has 0 saturated carbocycles. The number of carbonyl (C=O) groups excluding carboxylic acids is 12. The van der Waals surface area contributed by atoms with Gasteiger partial charge < -0.3 is 99.4 Å². The highest BCUT2D eigenvalue weighted by Crippen LogP contribution is 2.30. The number of aliphatic carboxylic acids is 4. The molecule has 4 aromatic rings. The lowest BCUT2D eigenvalue weighted by atomic mass is 10.0. The summed E-state index contributed by atoms with van der Waals surface area (Å²) in [5.74, 6) is -20.2. The molecule has 0 saturated heterocycles. The zero-order valence-corrected chi connectivity index (χ0v) is 60.7. The number of nitrogens with zero attached hydrogens (tertiary/aromatic N) is 3. The van der Waals surface area contributed by atoms with Gasteiger partial charge in [0.05, 0.1) is 30.8 Å². The van der Waals surface area contributed by atoms with Crippen molar-refractivity contribution in [2.45, 2.75) is 157 Å². The molecule has 0 aromatic heterocycles. The van der Waals surface area contributed by atoms with Crippen molar-refractivity contribution in [2.75, 3.05) is 50.6 Å². The van der Waals surface area contributed by atoms with Crippen molar-refractivity contribution < 1.29 is 120 Å². The number of ether oxygens (including phenoxy) is 1. The summed E-state index contributed by atoms with van der Waals surface area (Å²) in [5.41, 5.74) is 8.16. The molecule has 0 spiro atoms. The van der Waals surface area contributed by atoms with E-state index in [1.165, 1.54) is 19.1 Å². The number of esters is 1. The molecule has 9 atom stereocenters. The predicted octanol–water partition coefficient (Wildman–Crippen LogP) is -1.13. The van der Waals surface area contributed by atoms with Crippen molar-refractivity contribution in [2.24, 2.45) is 16.0 Å². The van der Waals surface area contributed by atoms with Gasteiger partial charge in [0.2, 0.25) is 53.2 Å². The van der Waals surface area contributed by atoms with Crippen LogP contribution in [-0.4, -0.2) is 228 Å². The number of hydrogen-bond donors (Lipinski definition) is 18. The van der Waals surface area contributed by atoms with Gasteiger partial charge in [0.1, 0.15) is 53.2 Å². The first kappa shape index (κ1) is 89.1. The number of primary amides is 1. The quantitative estimate of drug-likeness (QED) is 0.0108. The number of nitrogens with two attached hydrogens (primary N) is 1. The molecule has 109 heavy (non-hydrogen) atoms. The molecule has 0 unspecified atom stereocenters. The lowest BCUT2D eigenvalue weighted by molar-refractivity contribution is -0.158. The summed E-state index contributed by atoms with van der Waals surface area (Å²) < 4.78 is 39.7. The van der Waals surface area contributed by atoms with E-state index in [2.05, 4.69) is 68.7 Å². The number of unbranched alkanes of at least 4 members (excludes halogenated alkanes) is 1. The second-order valence-corrected chi connectivity index (χ2v) is 26.1. The van der Waals surface area contributed by atoms with Crippen LogP contribution in [0.15, 0.2) is 100 Å². The number of aliphatic hydroxyl groups is 1. The number of anilines is 2. The maximum atomic E-state index is 14.4. The summed E-state index contributed by atoms with van der Waals surface area (Å²) in [5, 5.41) is 82.7. The monoisotopic (exact) mass is 1550 g/mol. The minimum Gasteiger partial charge on any atom is -0.481 e. The van der Waals surface area contributed by atoms with Crippen LogP contribution >= 0.6 is 0 Å². The lowest BCUT2D eigenvalue weighted by Gasteiger charge is -2.27. The Hall–Kier alpha value is -12.3. The third-order valence-corrected chi connectivity index (χ3v) is 16.9. The molecule has 0 radical (unpaired) electrons. The highest BCUT2D eigenvalue weighted by Gasteiger charge is 2.37. The number of amides is 11. The first-order valence-corrected chi connectivity index (χ1v) is 35.3. The van der Waals surface area contributed by atoms with Gasteiger partial charge in [0, 0.05) is 82.2 Å². The van der Waals surface area contributed by atoms with Gasteiger partial charge >= 0.3 is 29.8 Å². The summed E-state index contributed by atoms with van der Waals surface area (Å²) in [6, 6.07) is 7.46. The molecular formula is C68H89N15O25S. The number of carboxylic acids is 4. The van der Waals surface area contributed by atoms with E-state index in [1.807, 2.05) is 43.3 Å². The van der Waals surface area contributed by atoms with Crippen LogP contribution in [0.25, 0.3) is 10.8 Å². The molecule has 19 N–H and O–H groups in total. The van der Waals surface area contributed by atoms with E-state index in [0.29, 0.717) is 28.7 Å². The molecule has 11 amide bonds. The molecule has 0 aliphatic rings. The number of benzene rings is 4. The molecule has 0 aliphatic heterocycles. The van der Waals surface area contributed by atoms with Crippen LogP contribution < -0.4 is 69.1 Å². The molecular weight excluding hydrogens is 1460 g/mol. The highest BCUT2D eigenvalue weighted by atomic mass is 32.2. The summed E-state index contributed by atoms with van der Waals surface area (Å²) in [6.45, 7) is 1.85. The third-order valence-electron chi connectivity index (χ3n) is 16.0. The third kappa shape index (κ3) is 31.0. The number of carbonyl (C=O) groups is 16. The van der Waals surface area contributed by atoms with E-state index in [1.54, 1.807) is 42.5 Å². The largest absolute Gasteiger partial charge is 0.481 e. The average Bonchev–Trinajstić information content (AvgIpc) is 0.781. The molecule has 4 aromatic carbocycles. The number of nitrogens with one attached hydrogen (secondary N) is 11. The average molecular weight is 1550 g/mol. The topological polar surface area (TPSA) is 624 Å². The zero-order valence-electron chi connectivity index (χ0n) is 59.9. The van der Waals surface area contributed by atoms with Crippen molar-refractivity contribution in [3.8, 4) is 0 Å². The first-order valence-electron chi connectivity index (χ1n) is 33.9. The Labute approximate surface area is 623 Å². The zero-order chi connectivity index (χ0) is 81.2. The smallest absolute Gasteiger partial charge is 0.329 e. The number of azo groups is 1. The van der Waals surface area contributed by atoms with Crippen LogP contribution in [0.5, 0.6) is 0 Å². The number of hydrogen-bond acceptors (Lipinski definition) is 24. The fourth-order valence-electron chi connectivity index (χ4n) is 10.2. The van der Waals surface area contributed by atoms with E-state index in [9.17, 15) is 115 Å². The van der Waals surface area contributed by atoms with Crippen LogP contribution in [-0.2, 0) is 86.8 Å². The number of carboxylic acid groups (broad SMARTS) is 4. The standard InChI is InChI=1S/C68H89N15O25S/c1-6-43(68(104)108-36(2)60(96)80-51(35-84)67(103)75-45(59(69)95)13-7-8-30-72-61(97)39-16-18-40(19-17-39)81-82-41-20-22-42(23-21-41)83(4)5)74-62(98)46(24-27-54(87)88)76-63(99)47(25-28-55(89)90)77-65(101)49(79-64(100)48(26-29-56(91)92)78-66(102)50(34-57(93)94)73-37(3)85)33-53(86)71-32-31-70-44-14-9-11-38-12-10-15-52(58(38)44)109(105,106)107/h9-12,14-23,36,43,45-51,70,84H,6-8,13,24-35H2,1-5H3,(H2,69,95)(H,71,86)(H,72,97)(H,73,85)(H,74,98)(H,75,103)(H,76,99)(H,77,101)(H,78,102)(H,79,100)(H,80,96)(H,87,88)(H,89,90)(H,91,92)(H,93,94)(H,105,106,107)/t36-,43-,45-,46-,47-,48-,49-,50-,51-/m0/s1. The predicted molar refractivity (Wildman–Crippen MR) is 384 cm³/mol. The van der Waals surface area contributed by atoms with Crippen molar-refractivity contribution in [3.63, 3.8) is 0 Å². The Bertz CT molecular complexity index is 4090. The van der Waals surface area contributed by atoms with Crippen molar-refractivity contribution in [1.29, 1.82) is 0 Å². The normalized spacial score (nSPS) is 13.6. The highest BCUT2D eigenvalue weighted by molar-refractivity contribution is 7.86. The number of rotatable bonds is 47. The fourth-order valence-corrected chi connectivity index (χ4v) is 10.9. The Balaban J connectivity index is 1.46. The van der Waals surface area contributed by atoms with Crippen LogP contribution in [0.1, 0.15) is 108 Å². The lowest BCUT2D eigenvalue weighted by Crippen LogP contribution is -2.60. The van der Waals surface area contributed by atoms with Crippen molar-refractivity contribution in [3.05, 3.63) is 90.5 Å². The van der Waals surface area contributed by atoms with Crippen molar-refractivity contribution >= 4 is 138 Å². The van der Waals surface area contributed by atoms with Gasteiger partial charge in [-0.3, -0.25) is 76.5 Å². The number of aliphatic hydroxyl groups excluding tert-OH is 1. The Kier molecular flexibility index (Phi) is 36.0. The maximum absolute atomic E-state index is 14.4. The van der Waals surface area contributed by atoms with Crippen LogP contribution in [0, 0.1) is 0 Å². The van der Waals surface area contributed by atoms with Gasteiger partial charge in [-0.15, -0.1) is 0 Å². The van der Waals surface area contributed by atoms with Crippen LogP contribution in [0.2, 0.25) is 0 Å². The molecule has 0 heterocycles. The molecule has 592 valence electrons. The van der Waals surface area contributed by atoms with E-state index in [4.69, 9.17) is 10.5 Å². The Morgan fingerprint density at radius 1 is 0.514 bits per heavy atom. The molecule has 40 nitrogen and oxygen atoms in total. The van der Waals surface area contributed by atoms with Gasteiger partial charge in [-0.2, -0.15) is 18.6 Å². The molecule has 0 aliphatic carbocycles. The van der Waals surface area contributed by atoms with Gasteiger partial charge in [0.15, 0.2) is 6.10 Å². The van der Waals surface area contributed by atoms with E-state index >= 15 is 0 Å². The molecule has 0 fully saturated rings. The van der Waals surface area contributed by atoms with Gasteiger partial charge in [-0.25, -0.2) is 4.79 Å².